The molecule has 0 saturated carbocycles. The van der Waals surface area contributed by atoms with E-state index in [2.05, 4.69) is 28.6 Å². The van der Waals surface area contributed by atoms with Crippen LogP contribution in [0.5, 0.6) is 5.75 Å². The van der Waals surface area contributed by atoms with Gasteiger partial charge in [-0.2, -0.15) is 0 Å². The summed E-state index contributed by atoms with van der Waals surface area (Å²) in [6.07, 6.45) is 0. The van der Waals surface area contributed by atoms with Crippen LogP contribution >= 0.6 is 11.8 Å². The third kappa shape index (κ3) is 4.62. The van der Waals surface area contributed by atoms with Crippen molar-refractivity contribution in [3.63, 3.8) is 0 Å². The maximum Gasteiger partial charge on any atom is 0.277 e. The van der Waals surface area contributed by atoms with Crippen LogP contribution in [0.1, 0.15) is 47.5 Å². The van der Waals surface area contributed by atoms with Gasteiger partial charge in [-0.3, -0.25) is 4.79 Å². The zero-order chi connectivity index (χ0) is 20.3. The summed E-state index contributed by atoms with van der Waals surface area (Å²) >= 11 is 1.20. The van der Waals surface area contributed by atoms with Crippen LogP contribution in [0.4, 0.5) is 4.39 Å². The van der Waals surface area contributed by atoms with Gasteiger partial charge in [-0.15, -0.1) is 10.2 Å². The number of nitrogens with zero attached hydrogens (tertiary/aromatic N) is 3. The normalized spacial score (nSPS) is 11.2. The number of aromatic nitrogens is 3. The minimum atomic E-state index is -0.331. The van der Waals surface area contributed by atoms with E-state index in [1.54, 1.807) is 0 Å². The molecule has 3 aromatic rings. The molecule has 0 N–H and O–H groups in total. The quantitative estimate of drug-likeness (QED) is 0.399. The van der Waals surface area contributed by atoms with Gasteiger partial charge in [0.05, 0.1) is 5.75 Å². The lowest BCUT2D eigenvalue weighted by atomic mass is 10.2. The highest BCUT2D eigenvalue weighted by atomic mass is 32.2. The van der Waals surface area contributed by atoms with Gasteiger partial charge in [0.25, 0.3) is 11.1 Å². The average Bonchev–Trinajstić information content (AvgIpc) is 3.23. The van der Waals surface area contributed by atoms with Crippen molar-refractivity contribution in [1.82, 2.24) is 14.8 Å². The van der Waals surface area contributed by atoms with Gasteiger partial charge in [-0.1, -0.05) is 11.8 Å². The molecule has 148 valence electrons. The van der Waals surface area contributed by atoms with Crippen molar-refractivity contribution in [3.8, 4) is 5.75 Å². The first kappa shape index (κ1) is 20.1. The summed E-state index contributed by atoms with van der Waals surface area (Å²) in [6.45, 7) is 8.22. The molecule has 8 heteroatoms. The van der Waals surface area contributed by atoms with E-state index in [1.165, 1.54) is 36.0 Å². The number of carbonyl (C=O) groups is 1. The Bertz CT molecular complexity index is 964. The van der Waals surface area contributed by atoms with Crippen molar-refractivity contribution >= 4 is 17.5 Å². The van der Waals surface area contributed by atoms with Gasteiger partial charge in [0.2, 0.25) is 0 Å². The molecule has 0 spiro atoms. The van der Waals surface area contributed by atoms with Crippen molar-refractivity contribution < 1.29 is 18.3 Å². The Morgan fingerprint density at radius 2 is 1.96 bits per heavy atom. The fourth-order valence-electron chi connectivity index (χ4n) is 3.09. The van der Waals surface area contributed by atoms with Crippen LogP contribution in [-0.4, -0.2) is 26.3 Å². The number of ether oxygens (including phenoxy) is 1. The van der Waals surface area contributed by atoms with E-state index in [-0.39, 0.29) is 29.9 Å². The summed E-state index contributed by atoms with van der Waals surface area (Å²) in [6, 6.07) is 7.89. The molecule has 0 radical (unpaired) electrons. The molecule has 2 heterocycles. The van der Waals surface area contributed by atoms with Crippen LogP contribution in [0.2, 0.25) is 0 Å². The predicted molar refractivity (Wildman–Crippen MR) is 104 cm³/mol. The van der Waals surface area contributed by atoms with E-state index in [4.69, 9.17) is 9.15 Å². The van der Waals surface area contributed by atoms with Gasteiger partial charge in [0, 0.05) is 23.0 Å². The first-order valence-electron chi connectivity index (χ1n) is 8.90. The summed E-state index contributed by atoms with van der Waals surface area (Å²) in [5.74, 6) is 0.694. The monoisotopic (exact) mass is 403 g/mol. The number of rotatable bonds is 8. The minimum Gasteiger partial charge on any atom is -0.484 e. The molecule has 0 saturated heterocycles. The molecule has 28 heavy (non-hydrogen) atoms. The smallest absolute Gasteiger partial charge is 0.277 e. The Hall–Kier alpha value is -2.61. The van der Waals surface area contributed by atoms with E-state index in [0.29, 0.717) is 17.0 Å². The lowest BCUT2D eigenvalue weighted by molar-refractivity contribution is 0.102. The lowest BCUT2D eigenvalue weighted by Gasteiger charge is -2.13. The van der Waals surface area contributed by atoms with Crippen molar-refractivity contribution in [1.29, 1.82) is 0 Å². The molecule has 1 aromatic carbocycles. The van der Waals surface area contributed by atoms with Crippen LogP contribution in [0, 0.1) is 19.7 Å². The maximum absolute atomic E-state index is 12.9. The number of hydrogen-bond donors (Lipinski definition) is 0. The summed E-state index contributed by atoms with van der Waals surface area (Å²) in [7, 11) is 0. The van der Waals surface area contributed by atoms with E-state index >= 15 is 0 Å². The van der Waals surface area contributed by atoms with Crippen LogP contribution in [0.15, 0.2) is 40.0 Å². The molecule has 2 aromatic heterocycles. The molecule has 0 aliphatic rings. The number of benzene rings is 1. The molecule has 0 aliphatic carbocycles. The van der Waals surface area contributed by atoms with Crippen LogP contribution < -0.4 is 4.74 Å². The Labute approximate surface area is 167 Å². The second kappa shape index (κ2) is 8.60. The van der Waals surface area contributed by atoms with Crippen molar-refractivity contribution in [2.45, 2.75) is 45.6 Å². The van der Waals surface area contributed by atoms with E-state index in [1.807, 2.05) is 19.9 Å². The van der Waals surface area contributed by atoms with Gasteiger partial charge in [-0.05, 0) is 58.0 Å². The average molecular weight is 403 g/mol. The zero-order valence-electron chi connectivity index (χ0n) is 16.2. The van der Waals surface area contributed by atoms with Crippen LogP contribution in [0.3, 0.4) is 0 Å². The van der Waals surface area contributed by atoms with Crippen LogP contribution in [0.25, 0.3) is 0 Å². The number of carbonyl (C=O) groups excluding carboxylic acids is 1. The fraction of sp³-hybridized carbons (Fsp3) is 0.350. The second-order valence-corrected chi connectivity index (χ2v) is 7.59. The molecule has 3 rings (SSSR count). The van der Waals surface area contributed by atoms with E-state index < -0.39 is 0 Å². The first-order valence-corrected chi connectivity index (χ1v) is 9.89. The minimum absolute atomic E-state index is 0.0207. The van der Waals surface area contributed by atoms with Crippen molar-refractivity contribution in [3.05, 3.63) is 59.0 Å². The molecule has 0 amide bonds. The highest BCUT2D eigenvalue weighted by Crippen LogP contribution is 2.24. The lowest BCUT2D eigenvalue weighted by Crippen LogP contribution is -2.08. The topological polar surface area (TPSA) is 70.2 Å². The predicted octanol–water partition coefficient (Wildman–Crippen LogP) is 4.76. The molecule has 0 bridgehead atoms. The van der Waals surface area contributed by atoms with Gasteiger partial charge in [0.1, 0.15) is 11.6 Å². The number of Topliss-reactive ketones (excluding diaryl/α,β-unsaturated/α-hetero) is 1. The van der Waals surface area contributed by atoms with Crippen LogP contribution in [-0.2, 0) is 6.61 Å². The van der Waals surface area contributed by atoms with Gasteiger partial charge in [0.15, 0.2) is 12.4 Å². The second-order valence-electron chi connectivity index (χ2n) is 6.66. The highest BCUT2D eigenvalue weighted by molar-refractivity contribution is 7.99. The number of halogens is 1. The van der Waals surface area contributed by atoms with Crippen molar-refractivity contribution in [2.75, 3.05) is 5.75 Å². The summed E-state index contributed by atoms with van der Waals surface area (Å²) < 4.78 is 26.0. The Kier molecular flexibility index (Phi) is 6.18. The largest absolute Gasteiger partial charge is 0.484 e. The third-order valence-corrected chi connectivity index (χ3v) is 5.07. The van der Waals surface area contributed by atoms with Crippen molar-refractivity contribution in [2.24, 2.45) is 0 Å². The molecule has 0 fully saturated rings. The number of thioether (sulfide) groups is 1. The van der Waals surface area contributed by atoms with E-state index in [0.717, 1.165) is 17.0 Å². The maximum atomic E-state index is 12.9. The van der Waals surface area contributed by atoms with E-state index in [9.17, 15) is 9.18 Å². The van der Waals surface area contributed by atoms with Gasteiger partial charge < -0.3 is 13.7 Å². The molecular weight excluding hydrogens is 381 g/mol. The molecular formula is C20H22FN3O3S. The van der Waals surface area contributed by atoms with Gasteiger partial charge >= 0.3 is 0 Å². The fourth-order valence-corrected chi connectivity index (χ4v) is 3.75. The molecule has 6 nitrogen and oxygen atoms in total. The SMILES string of the molecule is Cc1cc(C(=O)CSc2nnc(COc3ccc(F)cc3)o2)c(C)n1C(C)C. The Balaban J connectivity index is 1.56. The standard InChI is InChI=1S/C20H22FN3O3S/c1-12(2)24-13(3)9-17(14(24)4)18(25)11-28-20-23-22-19(27-20)10-26-16-7-5-15(21)6-8-16/h5-9,12H,10-11H2,1-4H3. The van der Waals surface area contributed by atoms with Gasteiger partial charge in [-0.25, -0.2) is 4.39 Å². The first-order chi connectivity index (χ1) is 13.3. The summed E-state index contributed by atoms with van der Waals surface area (Å²) in [5.41, 5.74) is 2.76. The summed E-state index contributed by atoms with van der Waals surface area (Å²) in [4.78, 5) is 12.6. The highest BCUT2D eigenvalue weighted by Gasteiger charge is 2.18. The zero-order valence-corrected chi connectivity index (χ0v) is 17.0. The number of aryl methyl sites for hydroxylation is 1. The Morgan fingerprint density at radius 3 is 2.61 bits per heavy atom. The third-order valence-electron chi connectivity index (χ3n) is 4.25. The Morgan fingerprint density at radius 1 is 1.25 bits per heavy atom. The summed E-state index contributed by atoms with van der Waals surface area (Å²) in [5, 5.41) is 8.15. The molecule has 0 aliphatic heterocycles. The molecule has 0 unspecified atom stereocenters. The number of ketones is 1. The number of hydrogen-bond acceptors (Lipinski definition) is 6. The molecule has 0 atom stereocenters.